The maximum Gasteiger partial charge on any atom is 0.258 e. The lowest BCUT2D eigenvalue weighted by atomic mass is 10.3. The summed E-state index contributed by atoms with van der Waals surface area (Å²) in [4.78, 5) is 6.48. The van der Waals surface area contributed by atoms with Crippen LogP contribution in [0.5, 0.6) is 0 Å². The van der Waals surface area contributed by atoms with Gasteiger partial charge in [0.05, 0.1) is 18.7 Å². The molecule has 0 bridgehead atoms. The minimum absolute atomic E-state index is 0.148. The molecule has 0 amide bonds. The van der Waals surface area contributed by atoms with Crippen molar-refractivity contribution in [2.75, 3.05) is 19.7 Å². The number of hydrogen-bond acceptors (Lipinski definition) is 6. The number of aromatic nitrogens is 2. The van der Waals surface area contributed by atoms with Crippen LogP contribution in [0.1, 0.15) is 19.2 Å². The average Bonchev–Trinajstić information content (AvgIpc) is 2.98. The Kier molecular flexibility index (Phi) is 4.86. The first kappa shape index (κ1) is 13.2. The van der Waals surface area contributed by atoms with E-state index in [1.807, 2.05) is 16.8 Å². The van der Waals surface area contributed by atoms with Crippen molar-refractivity contribution in [3.8, 4) is 11.5 Å². The minimum atomic E-state index is 0.148. The van der Waals surface area contributed by atoms with Crippen molar-refractivity contribution in [2.45, 2.75) is 19.9 Å². The summed E-state index contributed by atoms with van der Waals surface area (Å²) >= 11 is 1.60. The molecule has 2 aromatic rings. The normalized spacial score (nSPS) is 11.3. The Labute approximate surface area is 110 Å². The molecule has 0 fully saturated rings. The van der Waals surface area contributed by atoms with Crippen LogP contribution in [0.4, 0.5) is 0 Å². The van der Waals surface area contributed by atoms with E-state index in [4.69, 9.17) is 9.63 Å². The Morgan fingerprint density at radius 2 is 2.33 bits per heavy atom. The molecule has 0 radical (unpaired) electrons. The van der Waals surface area contributed by atoms with Gasteiger partial charge < -0.3 is 9.63 Å². The predicted octanol–water partition coefficient (Wildman–Crippen LogP) is 2.00. The first-order chi connectivity index (χ1) is 8.83. The molecule has 0 atom stereocenters. The van der Waals surface area contributed by atoms with Crippen LogP contribution in [-0.4, -0.2) is 39.8 Å². The van der Waals surface area contributed by atoms with Gasteiger partial charge in [-0.15, -0.1) is 0 Å². The molecule has 0 aliphatic carbocycles. The maximum absolute atomic E-state index is 8.99. The SMILES string of the molecule is CCCN(CCO)Cc1noc(-c2ccsc2)n1. The van der Waals surface area contributed by atoms with Crippen molar-refractivity contribution in [2.24, 2.45) is 0 Å². The first-order valence-electron chi connectivity index (χ1n) is 6.02. The van der Waals surface area contributed by atoms with E-state index in [1.54, 1.807) is 11.3 Å². The molecule has 6 heteroatoms. The summed E-state index contributed by atoms with van der Waals surface area (Å²) in [6.07, 6.45) is 1.04. The molecular weight excluding hydrogens is 250 g/mol. The Balaban J connectivity index is 2.01. The third-order valence-electron chi connectivity index (χ3n) is 2.56. The lowest BCUT2D eigenvalue weighted by Crippen LogP contribution is -2.27. The highest BCUT2D eigenvalue weighted by Crippen LogP contribution is 2.20. The van der Waals surface area contributed by atoms with Crippen molar-refractivity contribution in [1.29, 1.82) is 0 Å². The molecule has 0 spiro atoms. The van der Waals surface area contributed by atoms with Gasteiger partial charge in [0.1, 0.15) is 0 Å². The highest BCUT2D eigenvalue weighted by Gasteiger charge is 2.12. The molecule has 0 aromatic carbocycles. The Bertz CT molecular complexity index is 450. The smallest absolute Gasteiger partial charge is 0.258 e. The number of aliphatic hydroxyl groups is 1. The number of hydrogen-bond donors (Lipinski definition) is 1. The van der Waals surface area contributed by atoms with Gasteiger partial charge in [0.2, 0.25) is 0 Å². The van der Waals surface area contributed by atoms with E-state index >= 15 is 0 Å². The maximum atomic E-state index is 8.99. The van der Waals surface area contributed by atoms with Crippen molar-refractivity contribution in [3.63, 3.8) is 0 Å². The molecule has 2 heterocycles. The number of rotatable bonds is 7. The zero-order valence-corrected chi connectivity index (χ0v) is 11.2. The molecule has 0 aliphatic heterocycles. The molecule has 0 saturated carbocycles. The monoisotopic (exact) mass is 267 g/mol. The van der Waals surface area contributed by atoms with Crippen LogP contribution < -0.4 is 0 Å². The summed E-state index contributed by atoms with van der Waals surface area (Å²) in [5.41, 5.74) is 0.961. The quantitative estimate of drug-likeness (QED) is 0.831. The number of thiophene rings is 1. The van der Waals surface area contributed by atoms with Crippen LogP contribution in [0.2, 0.25) is 0 Å². The molecule has 0 saturated heterocycles. The zero-order valence-electron chi connectivity index (χ0n) is 10.4. The van der Waals surface area contributed by atoms with Gasteiger partial charge in [0, 0.05) is 11.9 Å². The second-order valence-electron chi connectivity index (χ2n) is 4.03. The second kappa shape index (κ2) is 6.63. The third kappa shape index (κ3) is 3.38. The number of nitrogens with zero attached hydrogens (tertiary/aromatic N) is 3. The molecule has 98 valence electrons. The largest absolute Gasteiger partial charge is 0.395 e. The van der Waals surface area contributed by atoms with E-state index in [0.29, 0.717) is 24.8 Å². The molecule has 5 nitrogen and oxygen atoms in total. The van der Waals surface area contributed by atoms with Gasteiger partial charge in [-0.2, -0.15) is 16.3 Å². The van der Waals surface area contributed by atoms with Crippen LogP contribution in [0.15, 0.2) is 21.3 Å². The third-order valence-corrected chi connectivity index (χ3v) is 3.24. The van der Waals surface area contributed by atoms with E-state index in [0.717, 1.165) is 18.5 Å². The Morgan fingerprint density at radius 3 is 3.00 bits per heavy atom. The topological polar surface area (TPSA) is 62.4 Å². The average molecular weight is 267 g/mol. The fraction of sp³-hybridized carbons (Fsp3) is 0.500. The van der Waals surface area contributed by atoms with E-state index in [-0.39, 0.29) is 6.61 Å². The molecule has 2 aromatic heterocycles. The van der Waals surface area contributed by atoms with E-state index in [1.165, 1.54) is 0 Å². The van der Waals surface area contributed by atoms with E-state index in [9.17, 15) is 0 Å². The highest BCUT2D eigenvalue weighted by molar-refractivity contribution is 7.08. The summed E-state index contributed by atoms with van der Waals surface area (Å²) < 4.78 is 5.22. The lowest BCUT2D eigenvalue weighted by molar-refractivity contribution is 0.186. The van der Waals surface area contributed by atoms with Gasteiger partial charge >= 0.3 is 0 Å². The predicted molar refractivity (Wildman–Crippen MR) is 70.3 cm³/mol. The fourth-order valence-electron chi connectivity index (χ4n) is 1.75. The summed E-state index contributed by atoms with van der Waals surface area (Å²) in [6, 6.07) is 1.96. The van der Waals surface area contributed by atoms with E-state index in [2.05, 4.69) is 22.0 Å². The fourth-order valence-corrected chi connectivity index (χ4v) is 2.38. The molecule has 0 unspecified atom stereocenters. The zero-order chi connectivity index (χ0) is 12.8. The number of aliphatic hydroxyl groups excluding tert-OH is 1. The standard InChI is InChI=1S/C12H17N3O2S/c1-2-4-15(5-6-16)8-11-13-12(17-14-11)10-3-7-18-9-10/h3,7,9,16H,2,4-6,8H2,1H3. The second-order valence-corrected chi connectivity index (χ2v) is 4.81. The van der Waals surface area contributed by atoms with Gasteiger partial charge in [-0.25, -0.2) is 0 Å². The Morgan fingerprint density at radius 1 is 1.44 bits per heavy atom. The van der Waals surface area contributed by atoms with Crippen LogP contribution in [0, 0.1) is 0 Å². The first-order valence-corrected chi connectivity index (χ1v) is 6.96. The van der Waals surface area contributed by atoms with Crippen molar-refractivity contribution >= 4 is 11.3 Å². The van der Waals surface area contributed by atoms with Gasteiger partial charge in [0.15, 0.2) is 5.82 Å². The van der Waals surface area contributed by atoms with Gasteiger partial charge in [-0.05, 0) is 24.4 Å². The van der Waals surface area contributed by atoms with Crippen molar-refractivity contribution < 1.29 is 9.63 Å². The van der Waals surface area contributed by atoms with Crippen LogP contribution in [0.25, 0.3) is 11.5 Å². The van der Waals surface area contributed by atoms with E-state index < -0.39 is 0 Å². The van der Waals surface area contributed by atoms with Crippen LogP contribution >= 0.6 is 11.3 Å². The Hall–Kier alpha value is -1.24. The van der Waals surface area contributed by atoms with Crippen LogP contribution in [-0.2, 0) is 6.54 Å². The molecular formula is C12H17N3O2S. The highest BCUT2D eigenvalue weighted by atomic mass is 32.1. The summed E-state index contributed by atoms with van der Waals surface area (Å²) in [6.45, 7) is 4.42. The van der Waals surface area contributed by atoms with Gasteiger partial charge in [-0.1, -0.05) is 12.1 Å². The summed E-state index contributed by atoms with van der Waals surface area (Å²) in [5.74, 6) is 1.23. The molecule has 18 heavy (non-hydrogen) atoms. The summed E-state index contributed by atoms with van der Waals surface area (Å²) in [5, 5.41) is 16.9. The molecule has 2 rings (SSSR count). The minimum Gasteiger partial charge on any atom is -0.395 e. The van der Waals surface area contributed by atoms with Crippen LogP contribution in [0.3, 0.4) is 0 Å². The molecule has 0 aliphatic rings. The van der Waals surface area contributed by atoms with Gasteiger partial charge in [0.25, 0.3) is 5.89 Å². The lowest BCUT2D eigenvalue weighted by Gasteiger charge is -2.17. The summed E-state index contributed by atoms with van der Waals surface area (Å²) in [7, 11) is 0. The van der Waals surface area contributed by atoms with Crippen molar-refractivity contribution in [1.82, 2.24) is 15.0 Å². The van der Waals surface area contributed by atoms with Crippen molar-refractivity contribution in [3.05, 3.63) is 22.7 Å². The molecule has 1 N–H and O–H groups in total. The van der Waals surface area contributed by atoms with Gasteiger partial charge in [-0.3, -0.25) is 4.90 Å².